The summed E-state index contributed by atoms with van der Waals surface area (Å²) >= 11 is 0. The molecule has 0 fully saturated rings. The van der Waals surface area contributed by atoms with Crippen LogP contribution in [0.1, 0.15) is 30.9 Å². The van der Waals surface area contributed by atoms with Crippen molar-refractivity contribution in [1.82, 2.24) is 16.0 Å². The Morgan fingerprint density at radius 1 is 0.718 bits per heavy atom. The van der Waals surface area contributed by atoms with Crippen molar-refractivity contribution >= 4 is 29.7 Å². The second-order valence-corrected chi connectivity index (χ2v) is 8.97. The molecule has 2 rings (SSSR count). The summed E-state index contributed by atoms with van der Waals surface area (Å²) in [5, 5.41) is 44.7. The van der Waals surface area contributed by atoms with Crippen LogP contribution in [-0.2, 0) is 36.8 Å². The van der Waals surface area contributed by atoms with Crippen LogP contribution in [0.2, 0.25) is 0 Å². The number of benzene rings is 2. The number of phenols is 2. The van der Waals surface area contributed by atoms with Gasteiger partial charge in [-0.05, 0) is 48.7 Å². The number of nitrogens with two attached hydrogens (primary N) is 1. The van der Waals surface area contributed by atoms with Crippen molar-refractivity contribution in [3.8, 4) is 11.5 Å². The Morgan fingerprint density at radius 3 is 1.64 bits per heavy atom. The van der Waals surface area contributed by atoms with Crippen molar-refractivity contribution in [2.45, 2.75) is 56.8 Å². The number of nitrogens with one attached hydrogen (secondary N) is 3. The van der Waals surface area contributed by atoms with Gasteiger partial charge >= 0.3 is 11.9 Å². The summed E-state index contributed by atoms with van der Waals surface area (Å²) in [4.78, 5) is 60.8. The third-order valence-electron chi connectivity index (χ3n) is 5.76. The standard InChI is InChI=1S/C26H32N4O9/c1-14(28-24(36)19(27)10-11-22(33)34)23(35)29-20(12-15-2-6-17(31)7-3-15)25(37)30-21(26(38)39)13-16-4-8-18(32)9-5-16/h2-9,14,19-21,31-32H,10-13,27H2,1H3,(H,28,36)(H,29,35)(H,30,37)(H,33,34)(H,38,39). The zero-order valence-electron chi connectivity index (χ0n) is 21.2. The van der Waals surface area contributed by atoms with Crippen LogP contribution in [0.15, 0.2) is 48.5 Å². The van der Waals surface area contributed by atoms with Crippen molar-refractivity contribution in [1.29, 1.82) is 0 Å². The lowest BCUT2D eigenvalue weighted by Gasteiger charge is -2.24. The molecule has 0 bridgehead atoms. The molecule has 0 aliphatic rings. The molecule has 0 aromatic heterocycles. The van der Waals surface area contributed by atoms with E-state index in [1.54, 1.807) is 0 Å². The number of carbonyl (C=O) groups is 5. The van der Waals surface area contributed by atoms with Gasteiger partial charge in [0.1, 0.15) is 29.6 Å². The third-order valence-corrected chi connectivity index (χ3v) is 5.76. The predicted molar refractivity (Wildman–Crippen MR) is 138 cm³/mol. The van der Waals surface area contributed by atoms with Gasteiger partial charge in [-0.1, -0.05) is 24.3 Å². The van der Waals surface area contributed by atoms with E-state index in [4.69, 9.17) is 10.8 Å². The molecule has 3 amide bonds. The van der Waals surface area contributed by atoms with Crippen molar-refractivity contribution in [3.05, 3.63) is 59.7 Å². The minimum absolute atomic E-state index is 0.00427. The first kappa shape index (κ1) is 30.6. The molecule has 0 spiro atoms. The quantitative estimate of drug-likeness (QED) is 0.154. The SMILES string of the molecule is CC(NC(=O)C(N)CCC(=O)O)C(=O)NC(Cc1ccc(O)cc1)C(=O)NC(Cc1ccc(O)cc1)C(=O)O. The van der Waals surface area contributed by atoms with Crippen LogP contribution in [0.3, 0.4) is 0 Å². The molecule has 2 aromatic rings. The van der Waals surface area contributed by atoms with E-state index in [1.165, 1.54) is 55.5 Å². The lowest BCUT2D eigenvalue weighted by atomic mass is 10.0. The van der Waals surface area contributed by atoms with Crippen LogP contribution in [0.5, 0.6) is 11.5 Å². The monoisotopic (exact) mass is 544 g/mol. The summed E-state index contributed by atoms with van der Waals surface area (Å²) in [7, 11) is 0. The molecule has 0 heterocycles. The molecule has 9 N–H and O–H groups in total. The van der Waals surface area contributed by atoms with Crippen molar-refractivity contribution in [3.63, 3.8) is 0 Å². The fraction of sp³-hybridized carbons (Fsp3) is 0.346. The summed E-state index contributed by atoms with van der Waals surface area (Å²) < 4.78 is 0. The maximum Gasteiger partial charge on any atom is 0.326 e. The number of hydrogen-bond acceptors (Lipinski definition) is 8. The van der Waals surface area contributed by atoms with E-state index in [2.05, 4.69) is 16.0 Å². The van der Waals surface area contributed by atoms with E-state index < -0.39 is 53.8 Å². The van der Waals surface area contributed by atoms with Gasteiger partial charge in [-0.2, -0.15) is 0 Å². The zero-order valence-corrected chi connectivity index (χ0v) is 21.2. The van der Waals surface area contributed by atoms with Crippen LogP contribution in [0.4, 0.5) is 0 Å². The summed E-state index contributed by atoms with van der Waals surface area (Å²) in [6.45, 7) is 1.34. The van der Waals surface area contributed by atoms with E-state index in [-0.39, 0.29) is 37.2 Å². The molecule has 0 radical (unpaired) electrons. The minimum Gasteiger partial charge on any atom is -0.508 e. The van der Waals surface area contributed by atoms with Gasteiger partial charge in [-0.3, -0.25) is 19.2 Å². The number of rotatable bonds is 14. The highest BCUT2D eigenvalue weighted by molar-refractivity contribution is 5.94. The number of carboxylic acid groups (broad SMARTS) is 2. The number of aromatic hydroxyl groups is 2. The molecule has 0 aliphatic heterocycles. The Labute approximate surface area is 224 Å². The predicted octanol–water partition coefficient (Wildman–Crippen LogP) is -0.366. The Hall–Kier alpha value is -4.65. The molecule has 13 nitrogen and oxygen atoms in total. The number of hydrogen-bond donors (Lipinski definition) is 8. The number of carboxylic acids is 2. The van der Waals surface area contributed by atoms with Crippen molar-refractivity contribution in [2.75, 3.05) is 0 Å². The van der Waals surface area contributed by atoms with Crippen LogP contribution >= 0.6 is 0 Å². The van der Waals surface area contributed by atoms with E-state index in [0.717, 1.165) is 0 Å². The lowest BCUT2D eigenvalue weighted by molar-refractivity contribution is -0.142. The number of amides is 3. The highest BCUT2D eigenvalue weighted by Gasteiger charge is 2.29. The van der Waals surface area contributed by atoms with Crippen LogP contribution in [-0.4, -0.2) is 74.3 Å². The molecule has 0 saturated carbocycles. The average Bonchev–Trinajstić information content (AvgIpc) is 2.88. The van der Waals surface area contributed by atoms with E-state index in [1.807, 2.05) is 0 Å². The van der Waals surface area contributed by atoms with Gasteiger partial charge in [0, 0.05) is 19.3 Å². The maximum atomic E-state index is 13.2. The molecule has 39 heavy (non-hydrogen) atoms. The molecule has 4 atom stereocenters. The van der Waals surface area contributed by atoms with E-state index >= 15 is 0 Å². The molecule has 0 aliphatic carbocycles. The van der Waals surface area contributed by atoms with Crippen molar-refractivity contribution < 1.29 is 44.4 Å². The van der Waals surface area contributed by atoms with E-state index in [9.17, 15) is 39.3 Å². The Morgan fingerprint density at radius 2 is 1.18 bits per heavy atom. The second-order valence-electron chi connectivity index (χ2n) is 8.97. The summed E-state index contributed by atoms with van der Waals surface area (Å²) in [6.07, 6.45) is -0.637. The number of aliphatic carboxylic acids is 2. The van der Waals surface area contributed by atoms with Gasteiger partial charge < -0.3 is 42.1 Å². The topological polar surface area (TPSA) is 228 Å². The molecule has 13 heteroatoms. The number of phenolic OH excluding ortho intramolecular Hbond substituents is 2. The van der Waals surface area contributed by atoms with Crippen molar-refractivity contribution in [2.24, 2.45) is 5.73 Å². The number of carbonyl (C=O) groups excluding carboxylic acids is 3. The summed E-state index contributed by atoms with van der Waals surface area (Å²) in [5.74, 6) is -4.79. The van der Waals surface area contributed by atoms with Crippen LogP contribution in [0.25, 0.3) is 0 Å². The van der Waals surface area contributed by atoms with Gasteiger partial charge in [0.05, 0.1) is 6.04 Å². The minimum atomic E-state index is -1.36. The summed E-state index contributed by atoms with van der Waals surface area (Å²) in [6, 6.07) is 6.68. The summed E-state index contributed by atoms with van der Waals surface area (Å²) in [5.41, 5.74) is 6.76. The normalized spacial score (nSPS) is 13.8. The molecule has 210 valence electrons. The third kappa shape index (κ3) is 10.3. The largest absolute Gasteiger partial charge is 0.508 e. The van der Waals surface area contributed by atoms with Gasteiger partial charge in [-0.25, -0.2) is 4.79 Å². The molecule has 4 unspecified atom stereocenters. The maximum absolute atomic E-state index is 13.2. The van der Waals surface area contributed by atoms with E-state index in [0.29, 0.717) is 11.1 Å². The zero-order chi connectivity index (χ0) is 29.1. The molecular formula is C26H32N4O9. The van der Waals surface area contributed by atoms with Gasteiger partial charge in [0.25, 0.3) is 0 Å². The van der Waals surface area contributed by atoms with Gasteiger partial charge in [0.15, 0.2) is 0 Å². The Bertz CT molecular complexity index is 1170. The molecule has 2 aromatic carbocycles. The lowest BCUT2D eigenvalue weighted by Crippen LogP contribution is -2.57. The van der Waals surface area contributed by atoms with Gasteiger partial charge in [-0.15, -0.1) is 0 Å². The van der Waals surface area contributed by atoms with Gasteiger partial charge in [0.2, 0.25) is 17.7 Å². The van der Waals surface area contributed by atoms with Crippen LogP contribution in [0, 0.1) is 0 Å². The fourth-order valence-electron chi connectivity index (χ4n) is 3.51. The highest BCUT2D eigenvalue weighted by Crippen LogP contribution is 2.14. The highest BCUT2D eigenvalue weighted by atomic mass is 16.4. The fourth-order valence-corrected chi connectivity index (χ4v) is 3.51. The Kier molecular flexibility index (Phi) is 11.2. The first-order valence-corrected chi connectivity index (χ1v) is 12.0. The smallest absolute Gasteiger partial charge is 0.326 e. The van der Waals surface area contributed by atoms with Crippen LogP contribution < -0.4 is 21.7 Å². The average molecular weight is 545 g/mol. The first-order valence-electron chi connectivity index (χ1n) is 12.0. The molecule has 0 saturated heterocycles. The molecular weight excluding hydrogens is 512 g/mol. The Balaban J connectivity index is 2.15. The first-order chi connectivity index (χ1) is 18.3. The second kappa shape index (κ2) is 14.3.